The van der Waals surface area contributed by atoms with Gasteiger partial charge >= 0.3 is 0 Å². The average Bonchev–Trinajstić information content (AvgIpc) is 2.63. The van der Waals surface area contributed by atoms with E-state index in [0.717, 1.165) is 18.0 Å². The van der Waals surface area contributed by atoms with Crippen molar-refractivity contribution in [2.24, 2.45) is 5.73 Å². The molecule has 1 aromatic rings. The van der Waals surface area contributed by atoms with Crippen molar-refractivity contribution in [1.82, 2.24) is 10.1 Å². The van der Waals surface area contributed by atoms with Crippen molar-refractivity contribution < 1.29 is 4.52 Å². The van der Waals surface area contributed by atoms with Gasteiger partial charge in [-0.1, -0.05) is 32.9 Å². The number of hydrogen-bond donors (Lipinski definition) is 1. The van der Waals surface area contributed by atoms with Crippen LogP contribution in [-0.4, -0.2) is 20.9 Å². The van der Waals surface area contributed by atoms with Crippen LogP contribution in [0.5, 0.6) is 0 Å². The molecule has 4 nitrogen and oxygen atoms in total. The molecule has 0 bridgehead atoms. The molecule has 0 amide bonds. The van der Waals surface area contributed by atoms with E-state index in [1.54, 1.807) is 0 Å². The summed E-state index contributed by atoms with van der Waals surface area (Å²) >= 11 is 1.81. The quantitative estimate of drug-likeness (QED) is 0.878. The minimum atomic E-state index is 0.0450. The molecule has 0 spiro atoms. The molecule has 0 aliphatic rings. The number of rotatable bonds is 5. The van der Waals surface area contributed by atoms with Gasteiger partial charge < -0.3 is 10.3 Å². The Bertz CT molecular complexity index is 344. The molecular formula is C12H23N3OS. The minimum Gasteiger partial charge on any atom is -0.339 e. The van der Waals surface area contributed by atoms with Crippen LogP contribution < -0.4 is 5.73 Å². The third-order valence-corrected chi connectivity index (χ3v) is 3.78. The lowest BCUT2D eigenvalue weighted by Gasteiger charge is -2.15. The minimum absolute atomic E-state index is 0.0450. The summed E-state index contributed by atoms with van der Waals surface area (Å²) in [5.74, 6) is 2.38. The molecular weight excluding hydrogens is 234 g/mol. The normalized spacial score (nSPS) is 15.9. The molecule has 1 aromatic heterocycles. The van der Waals surface area contributed by atoms with Gasteiger partial charge in [0.25, 0.3) is 0 Å². The molecule has 0 aliphatic carbocycles. The molecule has 98 valence electrons. The fourth-order valence-corrected chi connectivity index (χ4v) is 2.21. The summed E-state index contributed by atoms with van der Waals surface area (Å²) in [6.45, 7) is 10.6. The first-order valence-corrected chi connectivity index (χ1v) is 7.04. The number of hydrogen-bond acceptors (Lipinski definition) is 5. The Kier molecular flexibility index (Phi) is 5.01. The van der Waals surface area contributed by atoms with Crippen molar-refractivity contribution in [3.63, 3.8) is 0 Å². The lowest BCUT2D eigenvalue weighted by atomic mass is 9.99. The van der Waals surface area contributed by atoms with Crippen LogP contribution in [0.4, 0.5) is 0 Å². The molecule has 1 rings (SSSR count). The number of aromatic nitrogens is 2. The first kappa shape index (κ1) is 14.5. The number of nitrogens with two attached hydrogens (primary N) is 1. The lowest BCUT2D eigenvalue weighted by Crippen LogP contribution is -2.24. The molecule has 0 aromatic carbocycles. The Balaban J connectivity index is 2.64. The lowest BCUT2D eigenvalue weighted by molar-refractivity contribution is 0.331. The number of nitrogens with zero attached hydrogens (tertiary/aromatic N) is 2. The van der Waals surface area contributed by atoms with Gasteiger partial charge in [-0.2, -0.15) is 4.98 Å². The second kappa shape index (κ2) is 5.87. The highest BCUT2D eigenvalue weighted by molar-refractivity contribution is 7.99. The molecule has 2 N–H and O–H groups in total. The highest BCUT2D eigenvalue weighted by atomic mass is 32.2. The van der Waals surface area contributed by atoms with Gasteiger partial charge in [0.15, 0.2) is 5.82 Å². The summed E-state index contributed by atoms with van der Waals surface area (Å²) in [4.78, 5) is 4.43. The largest absolute Gasteiger partial charge is 0.339 e. The molecule has 5 heteroatoms. The maximum Gasteiger partial charge on any atom is 0.231 e. The van der Waals surface area contributed by atoms with Crippen LogP contribution in [0, 0.1) is 0 Å². The zero-order valence-corrected chi connectivity index (χ0v) is 12.2. The molecule has 0 fully saturated rings. The van der Waals surface area contributed by atoms with Crippen molar-refractivity contribution in [1.29, 1.82) is 0 Å². The third-order valence-electron chi connectivity index (χ3n) is 2.51. The Morgan fingerprint density at radius 2 is 2.06 bits per heavy atom. The molecule has 2 unspecified atom stereocenters. The van der Waals surface area contributed by atoms with Crippen LogP contribution >= 0.6 is 11.8 Å². The SMILES string of the molecule is CCC(c1nc(CSC(C)(C)C)no1)C(C)N. The highest BCUT2D eigenvalue weighted by Gasteiger charge is 2.21. The van der Waals surface area contributed by atoms with Gasteiger partial charge in [-0.25, -0.2) is 0 Å². The maximum atomic E-state index is 5.90. The van der Waals surface area contributed by atoms with E-state index in [1.165, 1.54) is 0 Å². The summed E-state index contributed by atoms with van der Waals surface area (Å²) in [6.07, 6.45) is 0.922. The Labute approximate surface area is 108 Å². The monoisotopic (exact) mass is 257 g/mol. The second-order valence-corrected chi connectivity index (χ2v) is 7.13. The zero-order valence-electron chi connectivity index (χ0n) is 11.4. The molecule has 0 aliphatic heterocycles. The van der Waals surface area contributed by atoms with E-state index in [-0.39, 0.29) is 16.7 Å². The summed E-state index contributed by atoms with van der Waals surface area (Å²) in [6, 6.07) is 0.0450. The van der Waals surface area contributed by atoms with E-state index < -0.39 is 0 Å². The highest BCUT2D eigenvalue weighted by Crippen LogP contribution is 2.27. The second-order valence-electron chi connectivity index (χ2n) is 5.32. The topological polar surface area (TPSA) is 64.9 Å². The van der Waals surface area contributed by atoms with Crippen LogP contribution in [0.3, 0.4) is 0 Å². The molecule has 0 radical (unpaired) electrons. The van der Waals surface area contributed by atoms with E-state index in [9.17, 15) is 0 Å². The Hall–Kier alpha value is -0.550. The molecule has 0 saturated heterocycles. The number of thioether (sulfide) groups is 1. The zero-order chi connectivity index (χ0) is 13.1. The van der Waals surface area contributed by atoms with Crippen LogP contribution in [0.1, 0.15) is 58.7 Å². The summed E-state index contributed by atoms with van der Waals surface area (Å²) < 4.78 is 5.50. The first-order valence-electron chi connectivity index (χ1n) is 6.05. The first-order chi connectivity index (χ1) is 7.83. The smallest absolute Gasteiger partial charge is 0.231 e. The van der Waals surface area contributed by atoms with Crippen LogP contribution in [0.15, 0.2) is 4.52 Å². The van der Waals surface area contributed by atoms with Gasteiger partial charge in [0.1, 0.15) is 0 Å². The summed E-state index contributed by atoms with van der Waals surface area (Å²) in [7, 11) is 0. The standard InChI is InChI=1S/C12H23N3OS/c1-6-9(8(2)13)11-14-10(15-16-11)7-17-12(3,4)5/h8-9H,6-7,13H2,1-5H3. The Morgan fingerprint density at radius 1 is 1.41 bits per heavy atom. The van der Waals surface area contributed by atoms with Crippen LogP contribution in [0.25, 0.3) is 0 Å². The van der Waals surface area contributed by atoms with Crippen molar-refractivity contribution in [3.8, 4) is 0 Å². The van der Waals surface area contributed by atoms with E-state index in [0.29, 0.717) is 5.89 Å². The van der Waals surface area contributed by atoms with Gasteiger partial charge in [-0.05, 0) is 13.3 Å². The predicted octanol–water partition coefficient (Wildman–Crippen LogP) is 2.94. The summed E-state index contributed by atoms with van der Waals surface area (Å²) in [5, 5.41) is 4.01. The third kappa shape index (κ3) is 4.68. The van der Waals surface area contributed by atoms with Crippen molar-refractivity contribution >= 4 is 11.8 Å². The van der Waals surface area contributed by atoms with Crippen molar-refractivity contribution in [2.75, 3.05) is 0 Å². The van der Waals surface area contributed by atoms with Gasteiger partial charge in [-0.3, -0.25) is 0 Å². The molecule has 17 heavy (non-hydrogen) atoms. The van der Waals surface area contributed by atoms with E-state index >= 15 is 0 Å². The van der Waals surface area contributed by atoms with Gasteiger partial charge in [-0.15, -0.1) is 11.8 Å². The maximum absolute atomic E-state index is 5.90. The van der Waals surface area contributed by atoms with E-state index in [1.807, 2.05) is 18.7 Å². The van der Waals surface area contributed by atoms with E-state index in [2.05, 4.69) is 37.8 Å². The van der Waals surface area contributed by atoms with Gasteiger partial charge in [0, 0.05) is 10.8 Å². The predicted molar refractivity (Wildman–Crippen MR) is 72.0 cm³/mol. The molecule has 1 heterocycles. The van der Waals surface area contributed by atoms with Gasteiger partial charge in [0.2, 0.25) is 5.89 Å². The van der Waals surface area contributed by atoms with Crippen LogP contribution in [0.2, 0.25) is 0 Å². The van der Waals surface area contributed by atoms with Crippen molar-refractivity contribution in [2.45, 2.75) is 63.5 Å². The average molecular weight is 257 g/mol. The van der Waals surface area contributed by atoms with E-state index in [4.69, 9.17) is 10.3 Å². The fourth-order valence-electron chi connectivity index (χ4n) is 1.53. The van der Waals surface area contributed by atoms with Crippen molar-refractivity contribution in [3.05, 3.63) is 11.7 Å². The summed E-state index contributed by atoms with van der Waals surface area (Å²) in [5.41, 5.74) is 5.90. The van der Waals surface area contributed by atoms with Gasteiger partial charge in [0.05, 0.1) is 11.7 Å². The van der Waals surface area contributed by atoms with Crippen LogP contribution in [-0.2, 0) is 5.75 Å². The molecule has 0 saturated carbocycles. The Morgan fingerprint density at radius 3 is 2.53 bits per heavy atom. The molecule has 2 atom stereocenters. The fraction of sp³-hybridized carbons (Fsp3) is 0.833.